The van der Waals surface area contributed by atoms with Crippen LogP contribution in [0.3, 0.4) is 0 Å². The SMILES string of the molecule is CCc1ccc(Nc2c(C(=O)N3CC(O)(CN4CCCC4COC)C3)ccc(F)c2F)c(F)c1. The lowest BCUT2D eigenvalue weighted by Crippen LogP contribution is -2.68. The molecule has 0 aliphatic carbocycles. The van der Waals surface area contributed by atoms with E-state index in [2.05, 4.69) is 10.2 Å². The van der Waals surface area contributed by atoms with Gasteiger partial charge in [-0.15, -0.1) is 0 Å². The highest BCUT2D eigenvalue weighted by Crippen LogP contribution is 2.33. The summed E-state index contributed by atoms with van der Waals surface area (Å²) in [4.78, 5) is 16.7. The minimum Gasteiger partial charge on any atom is -0.385 e. The van der Waals surface area contributed by atoms with Gasteiger partial charge in [0.25, 0.3) is 5.91 Å². The molecule has 184 valence electrons. The minimum atomic E-state index is -1.26. The van der Waals surface area contributed by atoms with E-state index in [0.29, 0.717) is 19.6 Å². The summed E-state index contributed by atoms with van der Waals surface area (Å²) in [7, 11) is 1.65. The standard InChI is InChI=1S/C25H30F3N3O3/c1-3-16-6-9-21(20(27)11-16)29-23-18(7-8-19(26)22(23)28)24(32)31-14-25(33,15-31)13-30-10-4-5-17(30)12-34-2/h6-9,11,17,29,33H,3-5,10,12-15H2,1-2H3. The molecular formula is C25H30F3N3O3. The number of likely N-dealkylation sites (tertiary alicyclic amines) is 2. The predicted molar refractivity (Wildman–Crippen MR) is 123 cm³/mol. The number of methoxy groups -OCH3 is 1. The van der Waals surface area contributed by atoms with Gasteiger partial charge < -0.3 is 20.1 Å². The fourth-order valence-corrected chi connectivity index (χ4v) is 4.81. The molecule has 1 unspecified atom stereocenters. The van der Waals surface area contributed by atoms with E-state index in [9.17, 15) is 23.1 Å². The Labute approximate surface area is 197 Å². The van der Waals surface area contributed by atoms with Crippen molar-refractivity contribution in [3.63, 3.8) is 0 Å². The van der Waals surface area contributed by atoms with Crippen LogP contribution in [-0.2, 0) is 11.2 Å². The normalized spacial score (nSPS) is 19.8. The third-order valence-corrected chi connectivity index (χ3v) is 6.64. The average molecular weight is 478 g/mol. The summed E-state index contributed by atoms with van der Waals surface area (Å²) in [6, 6.07) is 6.70. The number of rotatable bonds is 8. The molecule has 2 fully saturated rings. The second-order valence-corrected chi connectivity index (χ2v) is 9.18. The summed E-state index contributed by atoms with van der Waals surface area (Å²) in [5.74, 6) is -3.61. The molecule has 0 saturated carbocycles. The maximum atomic E-state index is 14.7. The molecule has 1 atom stereocenters. The zero-order chi connectivity index (χ0) is 24.5. The van der Waals surface area contributed by atoms with Gasteiger partial charge in [-0.3, -0.25) is 9.69 Å². The first kappa shape index (κ1) is 24.5. The number of anilines is 2. The fraction of sp³-hybridized carbons (Fsp3) is 0.480. The van der Waals surface area contributed by atoms with Crippen molar-refractivity contribution >= 4 is 17.3 Å². The van der Waals surface area contributed by atoms with Crippen LogP contribution in [0.25, 0.3) is 0 Å². The molecule has 0 aromatic heterocycles. The number of hydrogen-bond acceptors (Lipinski definition) is 5. The first-order valence-electron chi connectivity index (χ1n) is 11.5. The van der Waals surface area contributed by atoms with E-state index in [1.165, 1.54) is 23.1 Å². The van der Waals surface area contributed by atoms with Crippen LogP contribution in [0.1, 0.15) is 35.7 Å². The van der Waals surface area contributed by atoms with Crippen LogP contribution in [0.5, 0.6) is 0 Å². The molecule has 34 heavy (non-hydrogen) atoms. The van der Waals surface area contributed by atoms with Gasteiger partial charge >= 0.3 is 0 Å². The van der Waals surface area contributed by atoms with Crippen molar-refractivity contribution < 1.29 is 27.8 Å². The quantitative estimate of drug-likeness (QED) is 0.607. The van der Waals surface area contributed by atoms with Crippen molar-refractivity contribution in [1.82, 2.24) is 9.80 Å². The number of amides is 1. The van der Waals surface area contributed by atoms with Crippen molar-refractivity contribution in [3.8, 4) is 0 Å². The zero-order valence-electron chi connectivity index (χ0n) is 19.4. The van der Waals surface area contributed by atoms with Crippen molar-refractivity contribution in [1.29, 1.82) is 0 Å². The molecule has 2 N–H and O–H groups in total. The first-order valence-corrected chi connectivity index (χ1v) is 11.5. The van der Waals surface area contributed by atoms with Gasteiger partial charge in [-0.2, -0.15) is 0 Å². The number of β-amino-alcohol motifs (C(OH)–C–C–N with tert-alkyl or cyclic N) is 1. The summed E-state index contributed by atoms with van der Waals surface area (Å²) >= 11 is 0. The van der Waals surface area contributed by atoms with Crippen LogP contribution in [0.4, 0.5) is 24.5 Å². The molecule has 2 saturated heterocycles. The minimum absolute atomic E-state index is 0.0610. The number of nitrogens with zero attached hydrogens (tertiary/aromatic N) is 2. The second-order valence-electron chi connectivity index (χ2n) is 9.18. The van der Waals surface area contributed by atoms with Gasteiger partial charge in [0.2, 0.25) is 0 Å². The predicted octanol–water partition coefficient (Wildman–Crippen LogP) is 3.71. The van der Waals surface area contributed by atoms with Gasteiger partial charge in [0.05, 0.1) is 36.6 Å². The molecule has 0 radical (unpaired) electrons. The van der Waals surface area contributed by atoms with Crippen LogP contribution < -0.4 is 5.32 Å². The van der Waals surface area contributed by atoms with E-state index < -0.39 is 34.6 Å². The summed E-state index contributed by atoms with van der Waals surface area (Å²) in [6.45, 7) is 3.85. The Morgan fingerprint density at radius 2 is 1.97 bits per heavy atom. The molecule has 1 amide bonds. The molecule has 0 spiro atoms. The molecule has 4 rings (SSSR count). The van der Waals surface area contributed by atoms with Gasteiger partial charge in [0, 0.05) is 19.7 Å². The molecule has 9 heteroatoms. The molecule has 2 heterocycles. The Bertz CT molecular complexity index is 1060. The number of benzene rings is 2. The molecule has 2 aliphatic rings. The topological polar surface area (TPSA) is 65.0 Å². The summed E-state index contributed by atoms with van der Waals surface area (Å²) in [5, 5.41) is 13.5. The second kappa shape index (κ2) is 9.93. The zero-order valence-corrected chi connectivity index (χ0v) is 19.4. The fourth-order valence-electron chi connectivity index (χ4n) is 4.81. The van der Waals surface area contributed by atoms with E-state index in [1.54, 1.807) is 13.2 Å². The monoisotopic (exact) mass is 477 g/mol. The Kier molecular flexibility index (Phi) is 7.16. The van der Waals surface area contributed by atoms with E-state index in [1.807, 2.05) is 6.92 Å². The maximum Gasteiger partial charge on any atom is 0.256 e. The highest BCUT2D eigenvalue weighted by atomic mass is 19.2. The lowest BCUT2D eigenvalue weighted by atomic mass is 9.92. The number of aryl methyl sites for hydroxylation is 1. The lowest BCUT2D eigenvalue weighted by molar-refractivity contribution is -0.101. The van der Waals surface area contributed by atoms with Crippen LogP contribution in [-0.4, -0.2) is 72.4 Å². The molecular weight excluding hydrogens is 447 g/mol. The van der Waals surface area contributed by atoms with Crippen LogP contribution in [0.15, 0.2) is 30.3 Å². The lowest BCUT2D eigenvalue weighted by Gasteiger charge is -2.48. The Morgan fingerprint density at radius 3 is 2.65 bits per heavy atom. The molecule has 2 aromatic carbocycles. The largest absolute Gasteiger partial charge is 0.385 e. The number of carbonyl (C=O) groups excluding carboxylic acids is 1. The number of carbonyl (C=O) groups is 1. The maximum absolute atomic E-state index is 14.7. The van der Waals surface area contributed by atoms with Crippen molar-refractivity contribution in [2.45, 2.75) is 37.8 Å². The third kappa shape index (κ3) is 4.92. The summed E-state index contributed by atoms with van der Waals surface area (Å²) < 4.78 is 48.5. The highest BCUT2D eigenvalue weighted by Gasteiger charge is 2.46. The van der Waals surface area contributed by atoms with Gasteiger partial charge in [0.15, 0.2) is 11.6 Å². The van der Waals surface area contributed by atoms with Gasteiger partial charge in [-0.05, 0) is 55.6 Å². The van der Waals surface area contributed by atoms with Gasteiger partial charge in [-0.25, -0.2) is 13.2 Å². The summed E-state index contributed by atoms with van der Waals surface area (Å²) in [6.07, 6.45) is 2.63. The van der Waals surface area contributed by atoms with Crippen LogP contribution in [0, 0.1) is 17.5 Å². The Hall–Kier alpha value is -2.62. The number of ether oxygens (including phenoxy) is 1. The van der Waals surface area contributed by atoms with Gasteiger partial charge in [0.1, 0.15) is 11.4 Å². The average Bonchev–Trinajstić information content (AvgIpc) is 3.22. The Balaban J connectivity index is 1.49. The van der Waals surface area contributed by atoms with E-state index in [0.717, 1.165) is 31.0 Å². The summed E-state index contributed by atoms with van der Waals surface area (Å²) in [5.41, 5.74) is -0.944. The molecule has 2 aliphatic heterocycles. The van der Waals surface area contributed by atoms with E-state index >= 15 is 0 Å². The smallest absolute Gasteiger partial charge is 0.256 e. The number of nitrogens with one attached hydrogen (secondary N) is 1. The first-order chi connectivity index (χ1) is 16.2. The third-order valence-electron chi connectivity index (χ3n) is 6.64. The van der Waals surface area contributed by atoms with Crippen LogP contribution >= 0.6 is 0 Å². The van der Waals surface area contributed by atoms with E-state index in [4.69, 9.17) is 4.74 Å². The van der Waals surface area contributed by atoms with Crippen LogP contribution in [0.2, 0.25) is 0 Å². The number of aliphatic hydroxyl groups is 1. The van der Waals surface area contributed by atoms with Crippen molar-refractivity contribution in [2.75, 3.05) is 45.2 Å². The van der Waals surface area contributed by atoms with E-state index in [-0.39, 0.29) is 30.4 Å². The highest BCUT2D eigenvalue weighted by molar-refractivity contribution is 6.01. The Morgan fingerprint density at radius 1 is 1.21 bits per heavy atom. The molecule has 6 nitrogen and oxygen atoms in total. The molecule has 0 bridgehead atoms. The molecule has 2 aromatic rings. The van der Waals surface area contributed by atoms with Crippen molar-refractivity contribution in [3.05, 3.63) is 58.9 Å². The van der Waals surface area contributed by atoms with Crippen molar-refractivity contribution in [2.24, 2.45) is 0 Å². The number of halogens is 3. The number of hydrogen-bond donors (Lipinski definition) is 2. The van der Waals surface area contributed by atoms with Gasteiger partial charge in [-0.1, -0.05) is 13.0 Å².